The summed E-state index contributed by atoms with van der Waals surface area (Å²) in [5, 5.41) is 13.3. The Morgan fingerprint density at radius 2 is 1.84 bits per heavy atom. The van der Waals surface area contributed by atoms with Gasteiger partial charge in [-0.15, -0.1) is 0 Å². The predicted molar refractivity (Wildman–Crippen MR) is 147 cm³/mol. The number of carbonyl (C=O) groups excluding carboxylic acids is 1. The van der Waals surface area contributed by atoms with Crippen LogP contribution in [0.3, 0.4) is 0 Å². The molecule has 2 aromatic rings. The molecule has 3 atom stereocenters. The number of amides is 2. The van der Waals surface area contributed by atoms with E-state index in [1.165, 1.54) is 35.6 Å². The van der Waals surface area contributed by atoms with Gasteiger partial charge in [0.05, 0.1) is 12.8 Å². The molecule has 3 unspecified atom stereocenters. The number of carbonyl (C=O) groups is 2. The molecular weight excluding hydrogens is 485 g/mol. The third-order valence-electron chi connectivity index (χ3n) is 8.17. The molecule has 0 saturated carbocycles. The van der Waals surface area contributed by atoms with Crippen LogP contribution in [-0.4, -0.2) is 59.8 Å². The fourth-order valence-corrected chi connectivity index (χ4v) is 6.24. The molecule has 38 heavy (non-hydrogen) atoms. The second kappa shape index (κ2) is 12.6. The van der Waals surface area contributed by atoms with Gasteiger partial charge in [-0.05, 0) is 100 Å². The topological polar surface area (TPSA) is 82.1 Å². The van der Waals surface area contributed by atoms with Gasteiger partial charge >= 0.3 is 6.09 Å². The molecule has 2 N–H and O–H groups in total. The monoisotopic (exact) mass is 525 g/mol. The summed E-state index contributed by atoms with van der Waals surface area (Å²) in [6.07, 6.45) is 6.63. The lowest BCUT2D eigenvalue weighted by Gasteiger charge is -2.51. The van der Waals surface area contributed by atoms with Crippen molar-refractivity contribution in [2.45, 2.75) is 89.4 Å². The van der Waals surface area contributed by atoms with E-state index in [-0.39, 0.29) is 23.8 Å². The van der Waals surface area contributed by atoms with E-state index >= 15 is 0 Å². The number of halogens is 1. The maximum atomic E-state index is 13.2. The minimum atomic E-state index is -0.937. The quantitative estimate of drug-likeness (QED) is 0.398. The van der Waals surface area contributed by atoms with Crippen LogP contribution < -0.4 is 15.0 Å². The Hall–Kier alpha value is -3.13. The van der Waals surface area contributed by atoms with Crippen LogP contribution >= 0.6 is 0 Å². The Balaban J connectivity index is 1.37. The first-order valence-corrected chi connectivity index (χ1v) is 13.8. The smallest absolute Gasteiger partial charge is 0.412 e. The number of fused-ring (bicyclic) bond motifs is 2. The van der Waals surface area contributed by atoms with Gasteiger partial charge in [0, 0.05) is 29.7 Å². The molecule has 0 spiro atoms. The molecule has 0 aliphatic carbocycles. The lowest BCUT2D eigenvalue weighted by atomic mass is 9.80. The molecule has 2 saturated heterocycles. The number of benzene rings is 2. The number of methoxy groups -OCH3 is 1. The van der Waals surface area contributed by atoms with Gasteiger partial charge in [0.15, 0.2) is 0 Å². The van der Waals surface area contributed by atoms with E-state index < -0.39 is 6.09 Å². The minimum absolute atomic E-state index is 0.0567. The normalized spacial score (nSPS) is 21.9. The van der Waals surface area contributed by atoms with Crippen molar-refractivity contribution >= 4 is 17.7 Å². The van der Waals surface area contributed by atoms with Crippen LogP contribution in [0.4, 0.5) is 14.9 Å². The molecule has 4 rings (SSSR count). The Labute approximate surface area is 225 Å². The van der Waals surface area contributed by atoms with Crippen molar-refractivity contribution in [1.82, 2.24) is 10.2 Å². The predicted octanol–water partition coefficient (Wildman–Crippen LogP) is 6.00. The van der Waals surface area contributed by atoms with E-state index in [1.807, 2.05) is 25.1 Å². The summed E-state index contributed by atoms with van der Waals surface area (Å²) in [4.78, 5) is 29.2. The molecule has 7 nitrogen and oxygen atoms in total. The molecule has 2 aromatic carbocycles. The summed E-state index contributed by atoms with van der Waals surface area (Å²) < 4.78 is 18.7. The van der Waals surface area contributed by atoms with Crippen molar-refractivity contribution in [3.8, 4) is 5.75 Å². The van der Waals surface area contributed by atoms with Gasteiger partial charge in [-0.1, -0.05) is 19.4 Å². The number of nitrogens with one attached hydrogen (secondary N) is 1. The number of anilines is 1. The number of nitrogens with zero attached hydrogens (tertiary/aromatic N) is 2. The van der Waals surface area contributed by atoms with Gasteiger partial charge < -0.3 is 15.2 Å². The maximum absolute atomic E-state index is 13.2. The van der Waals surface area contributed by atoms with Crippen molar-refractivity contribution in [2.24, 2.45) is 0 Å². The first-order valence-electron chi connectivity index (χ1n) is 13.8. The van der Waals surface area contributed by atoms with Crippen LogP contribution in [-0.2, 0) is 0 Å². The summed E-state index contributed by atoms with van der Waals surface area (Å²) in [6.45, 7) is 4.97. The molecule has 2 heterocycles. The molecule has 206 valence electrons. The first-order chi connectivity index (χ1) is 18.3. The number of ether oxygens (including phenoxy) is 1. The number of hydrogen-bond donors (Lipinski definition) is 2. The van der Waals surface area contributed by atoms with Crippen LogP contribution in [0.5, 0.6) is 5.75 Å². The Kier molecular flexibility index (Phi) is 9.26. The van der Waals surface area contributed by atoms with E-state index in [0.29, 0.717) is 29.1 Å². The molecule has 2 bridgehead atoms. The van der Waals surface area contributed by atoms with Crippen LogP contribution in [0.25, 0.3) is 0 Å². The van der Waals surface area contributed by atoms with Crippen LogP contribution in [0.15, 0.2) is 42.5 Å². The standard InChI is InChI=1S/C30H40FN3O4/c1-4-23(32-29(35)21-11-13-22(31)14-12-21)7-6-16-33-24-8-5-9-25(33)19-26(18-24)34(30(36)37)27-17-20(2)10-15-28(27)38-3/h10-15,17,23-26H,4-9,16,18-19H2,1-3H3,(H,32,35)(H,36,37). The summed E-state index contributed by atoms with van der Waals surface area (Å²) >= 11 is 0. The zero-order chi connectivity index (χ0) is 27.2. The van der Waals surface area contributed by atoms with Crippen molar-refractivity contribution in [3.05, 3.63) is 59.4 Å². The minimum Gasteiger partial charge on any atom is -0.495 e. The number of aryl methyl sites for hydroxylation is 1. The molecule has 0 radical (unpaired) electrons. The van der Waals surface area contributed by atoms with E-state index in [4.69, 9.17) is 4.74 Å². The third kappa shape index (κ3) is 6.46. The van der Waals surface area contributed by atoms with E-state index in [1.54, 1.807) is 7.11 Å². The lowest BCUT2D eigenvalue weighted by molar-refractivity contribution is 0.0282. The molecule has 0 aromatic heterocycles. The average Bonchev–Trinajstić information content (AvgIpc) is 2.88. The van der Waals surface area contributed by atoms with Crippen molar-refractivity contribution < 1.29 is 23.8 Å². The fourth-order valence-electron chi connectivity index (χ4n) is 6.24. The van der Waals surface area contributed by atoms with Crippen molar-refractivity contribution in [1.29, 1.82) is 0 Å². The fraction of sp³-hybridized carbons (Fsp3) is 0.533. The van der Waals surface area contributed by atoms with Gasteiger partial charge in [-0.2, -0.15) is 0 Å². The largest absolute Gasteiger partial charge is 0.495 e. The van der Waals surface area contributed by atoms with Crippen LogP contribution in [0.1, 0.15) is 74.2 Å². The SMILES string of the molecule is CCC(CCCN1C2CCCC1CC(N(C(=O)O)c1cc(C)ccc1OC)C2)NC(=O)c1ccc(F)cc1. The van der Waals surface area contributed by atoms with Gasteiger partial charge in [0.25, 0.3) is 5.91 Å². The summed E-state index contributed by atoms with van der Waals surface area (Å²) in [5.41, 5.74) is 2.09. The van der Waals surface area contributed by atoms with Gasteiger partial charge in [-0.25, -0.2) is 9.18 Å². The van der Waals surface area contributed by atoms with Crippen molar-refractivity contribution in [2.75, 3.05) is 18.6 Å². The number of rotatable bonds is 10. The second-order valence-corrected chi connectivity index (χ2v) is 10.7. The lowest BCUT2D eigenvalue weighted by Crippen LogP contribution is -2.58. The highest BCUT2D eigenvalue weighted by Gasteiger charge is 2.42. The Morgan fingerprint density at radius 3 is 2.45 bits per heavy atom. The molecule has 2 amide bonds. The zero-order valence-corrected chi connectivity index (χ0v) is 22.7. The van der Waals surface area contributed by atoms with Crippen LogP contribution in [0.2, 0.25) is 0 Å². The second-order valence-electron chi connectivity index (χ2n) is 10.7. The Morgan fingerprint density at radius 1 is 1.16 bits per heavy atom. The zero-order valence-electron chi connectivity index (χ0n) is 22.7. The van der Waals surface area contributed by atoms with Crippen molar-refractivity contribution in [3.63, 3.8) is 0 Å². The first kappa shape index (κ1) is 27.9. The highest BCUT2D eigenvalue weighted by Crippen LogP contribution is 2.40. The average molecular weight is 526 g/mol. The highest BCUT2D eigenvalue weighted by molar-refractivity contribution is 5.94. The molecular formula is C30H40FN3O4. The highest BCUT2D eigenvalue weighted by atomic mass is 19.1. The van der Waals surface area contributed by atoms with Crippen LogP contribution in [0, 0.1) is 12.7 Å². The summed E-state index contributed by atoms with van der Waals surface area (Å²) in [6, 6.07) is 12.0. The molecule has 2 fully saturated rings. The van der Waals surface area contributed by atoms with Gasteiger partial charge in [0.1, 0.15) is 11.6 Å². The molecule has 2 aliphatic heterocycles. The number of carboxylic acid groups (broad SMARTS) is 1. The summed E-state index contributed by atoms with van der Waals surface area (Å²) in [5.74, 6) is 0.0566. The maximum Gasteiger partial charge on any atom is 0.412 e. The number of piperidine rings is 2. The third-order valence-corrected chi connectivity index (χ3v) is 8.17. The Bertz CT molecular complexity index is 1100. The van der Waals surface area contributed by atoms with Gasteiger partial charge in [0.2, 0.25) is 0 Å². The van der Waals surface area contributed by atoms with E-state index in [2.05, 4.69) is 17.1 Å². The van der Waals surface area contributed by atoms with E-state index in [9.17, 15) is 19.1 Å². The molecule has 2 aliphatic rings. The summed E-state index contributed by atoms with van der Waals surface area (Å²) in [7, 11) is 1.58. The van der Waals surface area contributed by atoms with E-state index in [0.717, 1.165) is 57.1 Å². The molecule has 8 heteroatoms. The van der Waals surface area contributed by atoms with Gasteiger partial charge in [-0.3, -0.25) is 14.6 Å². The number of hydrogen-bond acceptors (Lipinski definition) is 4.